The molecule has 0 fully saturated rings. The summed E-state index contributed by atoms with van der Waals surface area (Å²) in [7, 11) is 0. The van der Waals surface area contributed by atoms with Gasteiger partial charge in [0, 0.05) is 24.2 Å². The van der Waals surface area contributed by atoms with Crippen LogP contribution in [0.2, 0.25) is 0 Å². The Morgan fingerprint density at radius 1 is 0.371 bits per heavy atom. The molecular weight excluding hydrogens is 769 g/mol. The molecule has 0 aromatic heterocycles. The largest absolute Gasteiger partial charge is 0.320 e. The van der Waals surface area contributed by atoms with Crippen molar-refractivity contribution >= 4 is 23.6 Å². The Kier molecular flexibility index (Phi) is 35.0. The smallest absolute Gasteiger partial charge is 0.260 e. The minimum atomic E-state index is -0.782. The highest BCUT2D eigenvalue weighted by Gasteiger charge is 2.31. The minimum Gasteiger partial charge on any atom is -0.320 e. The zero-order valence-corrected chi connectivity index (χ0v) is 41.3. The van der Waals surface area contributed by atoms with Crippen molar-refractivity contribution in [1.29, 1.82) is 0 Å². The molecule has 4 N–H and O–H groups in total. The van der Waals surface area contributed by atoms with Gasteiger partial charge in [0.2, 0.25) is 11.8 Å². The predicted molar refractivity (Wildman–Crippen MR) is 263 cm³/mol. The van der Waals surface area contributed by atoms with Crippen LogP contribution in [0.4, 0.5) is 0 Å². The number of benzene rings is 1. The second-order valence-electron chi connectivity index (χ2n) is 19.3. The van der Waals surface area contributed by atoms with E-state index in [2.05, 4.69) is 13.8 Å². The molecule has 0 unspecified atom stereocenters. The highest BCUT2D eigenvalue weighted by molar-refractivity contribution is 6.08. The third-order valence-electron chi connectivity index (χ3n) is 12.9. The summed E-state index contributed by atoms with van der Waals surface area (Å²) >= 11 is 0. The number of amides is 4. The summed E-state index contributed by atoms with van der Waals surface area (Å²) < 4.78 is 0. The van der Waals surface area contributed by atoms with Gasteiger partial charge < -0.3 is 11.5 Å². The Labute approximate surface area is 382 Å². The molecule has 0 bridgehead atoms. The van der Waals surface area contributed by atoms with Crippen LogP contribution in [0.3, 0.4) is 0 Å². The molecule has 0 heterocycles. The van der Waals surface area contributed by atoms with Gasteiger partial charge in [0.1, 0.15) is 0 Å². The maximum atomic E-state index is 13.9. The number of nitrogens with zero attached hydrogens (tertiary/aromatic N) is 2. The van der Waals surface area contributed by atoms with E-state index >= 15 is 0 Å². The number of unbranched alkanes of at least 4 members (excludes halogenated alkanes) is 30. The first-order valence-electron chi connectivity index (χ1n) is 26.3. The molecule has 0 aliphatic carbocycles. The highest BCUT2D eigenvalue weighted by Crippen LogP contribution is 2.19. The zero-order chi connectivity index (χ0) is 45.8. The number of rotatable bonds is 40. The summed E-state index contributed by atoms with van der Waals surface area (Å²) in [6, 6.07) is 4.78. The number of nitrogens with two attached hydrogens (primary N) is 2. The lowest BCUT2D eigenvalue weighted by molar-refractivity contribution is -0.131. The monoisotopic (exact) mass is 867 g/mol. The second kappa shape index (κ2) is 37.8. The fraction of sp³-hybridized carbons (Fsp3) is 0.815. The van der Waals surface area contributed by atoms with Crippen LogP contribution in [0.5, 0.6) is 0 Å². The normalized spacial score (nSPS) is 12.5. The van der Waals surface area contributed by atoms with E-state index in [0.29, 0.717) is 24.2 Å². The number of carbonyl (C=O) groups is 4. The summed E-state index contributed by atoms with van der Waals surface area (Å²) in [6.07, 6.45) is 40.1. The molecule has 0 saturated heterocycles. The van der Waals surface area contributed by atoms with E-state index in [0.717, 1.165) is 38.5 Å². The van der Waals surface area contributed by atoms with Gasteiger partial charge in [-0.2, -0.15) is 0 Å². The SMILES string of the molecule is CCCCCCCCCCCCCCCCCCN(C(=O)c1ccc(C(=O)N(CCCCCCCCCCCCCCCCCC)C(=O)[C@@H](N)C(C)C)cc1)C(=O)[C@@H](N)C(C)C. The van der Waals surface area contributed by atoms with Crippen molar-refractivity contribution in [3.05, 3.63) is 35.4 Å². The highest BCUT2D eigenvalue weighted by atomic mass is 16.2. The van der Waals surface area contributed by atoms with Crippen LogP contribution >= 0.6 is 0 Å². The molecule has 0 aliphatic rings. The van der Waals surface area contributed by atoms with Crippen LogP contribution in [-0.4, -0.2) is 58.6 Å². The lowest BCUT2D eigenvalue weighted by Gasteiger charge is -2.27. The van der Waals surface area contributed by atoms with Crippen LogP contribution in [0.15, 0.2) is 24.3 Å². The van der Waals surface area contributed by atoms with Gasteiger partial charge in [-0.15, -0.1) is 0 Å². The van der Waals surface area contributed by atoms with Gasteiger partial charge in [-0.3, -0.25) is 29.0 Å². The fourth-order valence-electron chi connectivity index (χ4n) is 8.26. The van der Waals surface area contributed by atoms with Crippen LogP contribution in [0.25, 0.3) is 0 Å². The molecule has 0 saturated carbocycles. The molecule has 0 aliphatic heterocycles. The standard InChI is InChI=1S/C54H98N4O4/c1-7-9-11-13-15-17-19-21-23-25-27-29-31-33-35-37-43-57(53(61)49(55)45(3)4)51(59)47-39-41-48(42-40-47)52(60)58(54(62)50(56)46(5)6)44-38-36-34-32-30-28-26-24-22-20-18-16-14-12-10-8-2/h39-42,45-46,49-50H,7-38,43-44,55-56H2,1-6H3/t49-,50-/m0/s1. The number of hydrogen-bond donors (Lipinski definition) is 2. The molecule has 2 atom stereocenters. The van der Waals surface area contributed by atoms with Crippen molar-refractivity contribution < 1.29 is 19.2 Å². The average molecular weight is 867 g/mol. The van der Waals surface area contributed by atoms with E-state index in [4.69, 9.17) is 11.5 Å². The summed E-state index contributed by atoms with van der Waals surface area (Å²) in [5, 5.41) is 0. The minimum absolute atomic E-state index is 0.112. The molecular formula is C54H98N4O4. The molecule has 0 radical (unpaired) electrons. The van der Waals surface area contributed by atoms with E-state index < -0.39 is 23.9 Å². The van der Waals surface area contributed by atoms with E-state index in [1.807, 2.05) is 27.7 Å². The Morgan fingerprint density at radius 2 is 0.565 bits per heavy atom. The summed E-state index contributed by atoms with van der Waals surface area (Å²) in [6.45, 7) is 12.7. The van der Waals surface area contributed by atoms with Crippen molar-refractivity contribution in [2.24, 2.45) is 23.3 Å². The van der Waals surface area contributed by atoms with Crippen molar-refractivity contribution in [2.75, 3.05) is 13.1 Å². The van der Waals surface area contributed by atoms with Crippen LogP contribution in [0.1, 0.15) is 268 Å². The van der Waals surface area contributed by atoms with Crippen LogP contribution < -0.4 is 11.5 Å². The molecule has 8 nitrogen and oxygen atoms in total. The maximum Gasteiger partial charge on any atom is 0.260 e. The molecule has 8 heteroatoms. The molecule has 0 spiro atoms. The summed E-state index contributed by atoms with van der Waals surface area (Å²) in [5.41, 5.74) is 13.2. The first kappa shape index (κ1) is 57.4. The number of hydrogen-bond acceptors (Lipinski definition) is 6. The van der Waals surface area contributed by atoms with Gasteiger partial charge in [-0.05, 0) is 48.9 Å². The molecule has 1 aromatic carbocycles. The molecule has 62 heavy (non-hydrogen) atoms. The van der Waals surface area contributed by atoms with Gasteiger partial charge in [0.25, 0.3) is 11.8 Å². The van der Waals surface area contributed by atoms with Crippen LogP contribution in [-0.2, 0) is 9.59 Å². The quantitative estimate of drug-likeness (QED) is 0.0633. The molecule has 1 aromatic rings. The van der Waals surface area contributed by atoms with Crippen molar-refractivity contribution in [3.63, 3.8) is 0 Å². The molecule has 4 amide bonds. The molecule has 358 valence electrons. The lowest BCUT2D eigenvalue weighted by atomic mass is 10.0. The summed E-state index contributed by atoms with van der Waals surface area (Å²) in [4.78, 5) is 57.3. The fourth-order valence-corrected chi connectivity index (χ4v) is 8.26. The Morgan fingerprint density at radius 3 is 0.758 bits per heavy atom. The first-order valence-corrected chi connectivity index (χ1v) is 26.3. The van der Waals surface area contributed by atoms with E-state index in [-0.39, 0.29) is 23.7 Å². The number of imide groups is 2. The van der Waals surface area contributed by atoms with Gasteiger partial charge in [-0.25, -0.2) is 0 Å². The van der Waals surface area contributed by atoms with E-state index in [9.17, 15) is 19.2 Å². The molecule has 1 rings (SSSR count). The Balaban J connectivity index is 2.64. The van der Waals surface area contributed by atoms with Gasteiger partial charge >= 0.3 is 0 Å². The van der Waals surface area contributed by atoms with Gasteiger partial charge in [0.15, 0.2) is 0 Å². The second-order valence-corrected chi connectivity index (χ2v) is 19.3. The predicted octanol–water partition coefficient (Wildman–Crippen LogP) is 14.1. The van der Waals surface area contributed by atoms with Crippen LogP contribution in [0, 0.1) is 11.8 Å². The lowest BCUT2D eigenvalue weighted by Crippen LogP contribution is -2.49. The summed E-state index contributed by atoms with van der Waals surface area (Å²) in [5.74, 6) is -1.78. The Bertz CT molecular complexity index is 1180. The topological polar surface area (TPSA) is 127 Å². The first-order chi connectivity index (χ1) is 30.0. The maximum absolute atomic E-state index is 13.9. The Hall–Kier alpha value is -2.58. The van der Waals surface area contributed by atoms with Gasteiger partial charge in [-0.1, -0.05) is 234 Å². The van der Waals surface area contributed by atoms with Crippen molar-refractivity contribution in [1.82, 2.24) is 9.80 Å². The van der Waals surface area contributed by atoms with Crippen molar-refractivity contribution in [3.8, 4) is 0 Å². The van der Waals surface area contributed by atoms with Gasteiger partial charge in [0.05, 0.1) is 12.1 Å². The third kappa shape index (κ3) is 26.3. The van der Waals surface area contributed by atoms with E-state index in [1.165, 1.54) is 177 Å². The zero-order valence-electron chi connectivity index (χ0n) is 41.3. The number of carbonyl (C=O) groups excluding carboxylic acids is 4. The van der Waals surface area contributed by atoms with E-state index in [1.54, 1.807) is 24.3 Å². The van der Waals surface area contributed by atoms with Crippen molar-refractivity contribution in [2.45, 2.75) is 259 Å². The third-order valence-corrected chi connectivity index (χ3v) is 12.9. The average Bonchev–Trinajstić information content (AvgIpc) is 3.27.